The molecule has 0 aliphatic rings. The van der Waals surface area contributed by atoms with Gasteiger partial charge in [0.25, 0.3) is 0 Å². The van der Waals surface area contributed by atoms with E-state index in [0.717, 1.165) is 39.4 Å². The lowest BCUT2D eigenvalue weighted by molar-refractivity contribution is 0.415. The van der Waals surface area contributed by atoms with E-state index in [1.165, 1.54) is 0 Å². The molecule has 5 heteroatoms. The summed E-state index contributed by atoms with van der Waals surface area (Å²) in [4.78, 5) is 8.80. The van der Waals surface area contributed by atoms with Crippen LogP contribution in [-0.4, -0.2) is 40.3 Å². The summed E-state index contributed by atoms with van der Waals surface area (Å²) in [5.74, 6) is 1.80. The van der Waals surface area contributed by atoms with Gasteiger partial charge in [0.05, 0.1) is 19.0 Å². The van der Waals surface area contributed by atoms with Gasteiger partial charge in [-0.1, -0.05) is 6.07 Å². The number of benzene rings is 2. The predicted molar refractivity (Wildman–Crippen MR) is 107 cm³/mol. The highest BCUT2D eigenvalue weighted by Crippen LogP contribution is 2.34. The molecule has 0 unspecified atom stereocenters. The topological polar surface area (TPSA) is 40.6 Å². The Bertz CT molecular complexity index is 873. The largest absolute Gasteiger partial charge is 0.497 e. The number of pyridine rings is 1. The molecule has 0 radical (unpaired) electrons. The van der Waals surface area contributed by atoms with Gasteiger partial charge in [-0.2, -0.15) is 0 Å². The molecular formula is C20H24N4O. The Morgan fingerprint density at radius 1 is 0.880 bits per heavy atom. The molecule has 2 aromatic carbocycles. The van der Waals surface area contributed by atoms with Crippen LogP contribution in [0.5, 0.6) is 5.75 Å². The van der Waals surface area contributed by atoms with E-state index in [1.54, 1.807) is 7.11 Å². The predicted octanol–water partition coefficient (Wildman–Crippen LogP) is 4.12. The van der Waals surface area contributed by atoms with Crippen molar-refractivity contribution in [3.8, 4) is 5.75 Å². The number of methoxy groups -OCH3 is 1. The van der Waals surface area contributed by atoms with Crippen molar-refractivity contribution in [3.05, 3.63) is 48.7 Å². The number of hydrogen-bond donors (Lipinski definition) is 1. The van der Waals surface area contributed by atoms with E-state index in [4.69, 9.17) is 4.74 Å². The number of ether oxygens (including phenoxy) is 1. The molecule has 130 valence electrons. The number of nitrogens with one attached hydrogen (secondary N) is 1. The van der Waals surface area contributed by atoms with Crippen LogP contribution in [0.3, 0.4) is 0 Å². The number of hydrogen-bond acceptors (Lipinski definition) is 5. The van der Waals surface area contributed by atoms with Gasteiger partial charge in [-0.3, -0.25) is 0 Å². The highest BCUT2D eigenvalue weighted by molar-refractivity contribution is 6.02. The maximum atomic E-state index is 5.22. The molecule has 0 saturated carbocycles. The van der Waals surface area contributed by atoms with E-state index in [1.807, 2.05) is 63.6 Å². The second-order valence-electron chi connectivity index (χ2n) is 6.37. The Kier molecular flexibility index (Phi) is 4.65. The standard InChI is InChI=1S/C20H24N4O/c1-23(2)15-8-11-17-18(12-15)20(24(3)4)21-13-19(17)22-14-6-9-16(25-5)10-7-14/h6-13,22H,1-5H3. The van der Waals surface area contributed by atoms with Crippen molar-refractivity contribution in [1.82, 2.24) is 4.98 Å². The van der Waals surface area contributed by atoms with Crippen LogP contribution >= 0.6 is 0 Å². The number of nitrogens with zero attached hydrogens (tertiary/aromatic N) is 3. The van der Waals surface area contributed by atoms with Crippen molar-refractivity contribution in [3.63, 3.8) is 0 Å². The molecule has 25 heavy (non-hydrogen) atoms. The fourth-order valence-electron chi connectivity index (χ4n) is 2.78. The summed E-state index contributed by atoms with van der Waals surface area (Å²) < 4.78 is 5.22. The van der Waals surface area contributed by atoms with Crippen molar-refractivity contribution in [2.24, 2.45) is 0 Å². The minimum absolute atomic E-state index is 0.840. The van der Waals surface area contributed by atoms with Gasteiger partial charge in [0, 0.05) is 50.3 Å². The first-order valence-corrected chi connectivity index (χ1v) is 8.18. The zero-order valence-electron chi connectivity index (χ0n) is 15.4. The Morgan fingerprint density at radius 2 is 1.60 bits per heavy atom. The van der Waals surface area contributed by atoms with E-state index in [2.05, 4.69) is 33.4 Å². The van der Waals surface area contributed by atoms with E-state index in [9.17, 15) is 0 Å². The van der Waals surface area contributed by atoms with Crippen molar-refractivity contribution >= 4 is 33.7 Å². The average Bonchev–Trinajstić information content (AvgIpc) is 2.61. The summed E-state index contributed by atoms with van der Waals surface area (Å²) in [6.07, 6.45) is 1.89. The van der Waals surface area contributed by atoms with Crippen LogP contribution in [-0.2, 0) is 0 Å². The van der Waals surface area contributed by atoms with E-state index < -0.39 is 0 Å². The summed E-state index contributed by atoms with van der Waals surface area (Å²) >= 11 is 0. The molecule has 0 aliphatic carbocycles. The van der Waals surface area contributed by atoms with Crippen molar-refractivity contribution in [2.75, 3.05) is 50.4 Å². The molecule has 0 aliphatic heterocycles. The molecule has 0 spiro atoms. The van der Waals surface area contributed by atoms with E-state index >= 15 is 0 Å². The summed E-state index contributed by atoms with van der Waals surface area (Å²) in [6, 6.07) is 14.3. The Morgan fingerprint density at radius 3 is 2.20 bits per heavy atom. The van der Waals surface area contributed by atoms with Crippen LogP contribution in [0.15, 0.2) is 48.7 Å². The zero-order valence-corrected chi connectivity index (χ0v) is 15.4. The monoisotopic (exact) mass is 336 g/mol. The van der Waals surface area contributed by atoms with Crippen LogP contribution in [0.4, 0.5) is 22.9 Å². The first-order valence-electron chi connectivity index (χ1n) is 8.18. The molecule has 1 heterocycles. The van der Waals surface area contributed by atoms with Crippen molar-refractivity contribution < 1.29 is 4.74 Å². The van der Waals surface area contributed by atoms with Gasteiger partial charge in [0.2, 0.25) is 0 Å². The lowest BCUT2D eigenvalue weighted by Crippen LogP contribution is -2.12. The van der Waals surface area contributed by atoms with Gasteiger partial charge in [0.1, 0.15) is 11.6 Å². The first kappa shape index (κ1) is 16.9. The highest BCUT2D eigenvalue weighted by Gasteiger charge is 2.11. The van der Waals surface area contributed by atoms with Gasteiger partial charge < -0.3 is 19.9 Å². The second kappa shape index (κ2) is 6.89. The SMILES string of the molecule is COc1ccc(Nc2cnc(N(C)C)c3cc(N(C)C)ccc23)cc1. The lowest BCUT2D eigenvalue weighted by Gasteiger charge is -2.19. The Balaban J connectivity index is 2.07. The van der Waals surface area contributed by atoms with Gasteiger partial charge in [-0.15, -0.1) is 0 Å². The lowest BCUT2D eigenvalue weighted by atomic mass is 10.1. The summed E-state index contributed by atoms with van der Waals surface area (Å²) in [5, 5.41) is 5.72. The van der Waals surface area contributed by atoms with Crippen LogP contribution in [0.2, 0.25) is 0 Å². The molecule has 3 aromatic rings. The summed E-state index contributed by atoms with van der Waals surface area (Å²) in [5.41, 5.74) is 3.13. The molecule has 1 N–H and O–H groups in total. The second-order valence-corrected chi connectivity index (χ2v) is 6.37. The third kappa shape index (κ3) is 3.45. The Hall–Kier alpha value is -2.95. The molecule has 3 rings (SSSR count). The van der Waals surface area contributed by atoms with Gasteiger partial charge in [0.15, 0.2) is 0 Å². The molecule has 0 saturated heterocycles. The van der Waals surface area contributed by atoms with E-state index in [-0.39, 0.29) is 0 Å². The minimum atomic E-state index is 0.840. The first-order chi connectivity index (χ1) is 12.0. The molecule has 0 atom stereocenters. The summed E-state index contributed by atoms with van der Waals surface area (Å²) in [7, 11) is 9.79. The van der Waals surface area contributed by atoms with Gasteiger partial charge >= 0.3 is 0 Å². The van der Waals surface area contributed by atoms with Gasteiger partial charge in [-0.25, -0.2) is 4.98 Å². The average molecular weight is 336 g/mol. The molecular weight excluding hydrogens is 312 g/mol. The van der Waals surface area contributed by atoms with Crippen molar-refractivity contribution in [1.29, 1.82) is 0 Å². The number of aromatic nitrogens is 1. The molecule has 0 bridgehead atoms. The zero-order chi connectivity index (χ0) is 18.0. The number of fused-ring (bicyclic) bond motifs is 1. The maximum absolute atomic E-state index is 5.22. The molecule has 5 nitrogen and oxygen atoms in total. The Labute approximate surface area is 148 Å². The van der Waals surface area contributed by atoms with Crippen LogP contribution in [0, 0.1) is 0 Å². The molecule has 0 amide bonds. The minimum Gasteiger partial charge on any atom is -0.497 e. The fraction of sp³-hybridized carbons (Fsp3) is 0.250. The van der Waals surface area contributed by atoms with Crippen LogP contribution in [0.25, 0.3) is 10.8 Å². The highest BCUT2D eigenvalue weighted by atomic mass is 16.5. The molecule has 0 fully saturated rings. The van der Waals surface area contributed by atoms with Crippen LogP contribution in [0.1, 0.15) is 0 Å². The third-order valence-corrected chi connectivity index (χ3v) is 4.16. The van der Waals surface area contributed by atoms with Crippen LogP contribution < -0.4 is 19.9 Å². The number of anilines is 4. The third-order valence-electron chi connectivity index (χ3n) is 4.16. The smallest absolute Gasteiger partial charge is 0.136 e. The van der Waals surface area contributed by atoms with Gasteiger partial charge in [-0.05, 0) is 36.4 Å². The fourth-order valence-corrected chi connectivity index (χ4v) is 2.78. The quantitative estimate of drug-likeness (QED) is 0.759. The number of rotatable bonds is 5. The van der Waals surface area contributed by atoms with E-state index in [0.29, 0.717) is 0 Å². The summed E-state index contributed by atoms with van der Waals surface area (Å²) in [6.45, 7) is 0. The van der Waals surface area contributed by atoms with Crippen molar-refractivity contribution in [2.45, 2.75) is 0 Å². The normalized spacial score (nSPS) is 10.6. The molecule has 1 aromatic heterocycles. The maximum Gasteiger partial charge on any atom is 0.136 e.